The lowest BCUT2D eigenvalue weighted by atomic mass is 9.85. The van der Waals surface area contributed by atoms with Crippen LogP contribution < -0.4 is 15.7 Å². The zero-order valence-electron chi connectivity index (χ0n) is 24.6. The number of benzene rings is 1. The Labute approximate surface area is 249 Å². The second-order valence-corrected chi connectivity index (χ2v) is 11.7. The fourth-order valence-electron chi connectivity index (χ4n) is 6.10. The van der Waals surface area contributed by atoms with Crippen molar-refractivity contribution >= 4 is 28.8 Å². The van der Waals surface area contributed by atoms with E-state index < -0.39 is 23.7 Å². The van der Waals surface area contributed by atoms with Crippen molar-refractivity contribution in [2.24, 2.45) is 10.9 Å². The van der Waals surface area contributed by atoms with Crippen LogP contribution in [0.25, 0.3) is 11.0 Å². The normalized spacial score (nSPS) is 21.7. The van der Waals surface area contributed by atoms with E-state index in [2.05, 4.69) is 20.3 Å². The number of carbonyl (C=O) groups is 3. The Morgan fingerprint density at radius 1 is 1.14 bits per heavy atom. The number of likely N-dealkylation sites (tertiary alicyclic amines) is 1. The summed E-state index contributed by atoms with van der Waals surface area (Å²) in [5.74, 6) is -1.39. The van der Waals surface area contributed by atoms with Crippen LogP contribution in [0, 0.1) is 11.7 Å². The molecule has 3 aromatic rings. The lowest BCUT2D eigenvalue weighted by Crippen LogP contribution is -2.46. The number of amides is 2. The van der Waals surface area contributed by atoms with E-state index in [9.17, 15) is 23.9 Å². The third kappa shape index (κ3) is 7.30. The second-order valence-electron chi connectivity index (χ2n) is 11.7. The van der Waals surface area contributed by atoms with Crippen LogP contribution in [0.5, 0.6) is 5.88 Å². The van der Waals surface area contributed by atoms with Gasteiger partial charge in [-0.15, -0.1) is 0 Å². The van der Waals surface area contributed by atoms with Gasteiger partial charge in [-0.05, 0) is 83.2 Å². The number of halogens is 1. The summed E-state index contributed by atoms with van der Waals surface area (Å²) < 4.78 is 21.4. The Bertz CT molecular complexity index is 1520. The van der Waals surface area contributed by atoms with Crippen LogP contribution in [0.1, 0.15) is 75.2 Å². The molecule has 2 amide bonds. The lowest BCUT2D eigenvalue weighted by molar-refractivity contribution is -0.144. The summed E-state index contributed by atoms with van der Waals surface area (Å²) >= 11 is 0. The number of carboxylic acids is 1. The number of ether oxygens (including phenoxy) is 1. The highest BCUT2D eigenvalue weighted by molar-refractivity contribution is 5.95. The topological polar surface area (TPSA) is 142 Å². The van der Waals surface area contributed by atoms with Gasteiger partial charge in [-0.3, -0.25) is 19.3 Å². The molecule has 0 bridgehead atoms. The van der Waals surface area contributed by atoms with Gasteiger partial charge in [-0.1, -0.05) is 6.42 Å². The lowest BCUT2D eigenvalue weighted by Gasteiger charge is -2.32. The molecule has 3 heterocycles. The fourth-order valence-corrected chi connectivity index (χ4v) is 6.10. The van der Waals surface area contributed by atoms with Crippen LogP contribution in [0.2, 0.25) is 0 Å². The number of rotatable bonds is 9. The molecule has 1 aliphatic carbocycles. The standard InChI is InChI=1S/C31H39FN6O5/c1-19(2)34-28(39)21-8-12-23(13-9-21)38-26-17-27(43-16-15-37-14-4-3-5-25(37)30(41)42)33-18-24(26)35-31(38)36-29(40)20-6-10-22(32)11-7-20/h6-7,10-11,17-19,21,23,25H,3-5,8-9,12-16H2,1-2H3,(H,34,39)(H,41,42)(H,35,36,40)/t21-,23+,25?. The third-order valence-electron chi connectivity index (χ3n) is 8.28. The number of fused-ring (bicyclic) bond motifs is 1. The second kappa shape index (κ2) is 13.5. The number of aromatic nitrogens is 3. The van der Waals surface area contributed by atoms with Gasteiger partial charge in [0.2, 0.25) is 17.4 Å². The first-order valence-electron chi connectivity index (χ1n) is 15.0. The first-order valence-corrected chi connectivity index (χ1v) is 15.0. The molecule has 1 unspecified atom stereocenters. The van der Waals surface area contributed by atoms with E-state index >= 15 is 0 Å². The van der Waals surface area contributed by atoms with Gasteiger partial charge < -0.3 is 24.7 Å². The summed E-state index contributed by atoms with van der Waals surface area (Å²) in [6.45, 7) is 5.36. The van der Waals surface area contributed by atoms with Gasteiger partial charge in [0.25, 0.3) is 5.91 Å². The number of imidazole rings is 1. The van der Waals surface area contributed by atoms with Crippen LogP contribution in [0.15, 0.2) is 41.5 Å². The van der Waals surface area contributed by atoms with E-state index in [0.29, 0.717) is 55.7 Å². The highest BCUT2D eigenvalue weighted by atomic mass is 19.1. The monoisotopic (exact) mass is 594 g/mol. The number of H-pyrrole nitrogens is 1. The first-order chi connectivity index (χ1) is 20.7. The SMILES string of the molecule is CC(C)NC(=O)[C@H]1CC[C@@H](n2/c(=N/C(=O)c3ccc(F)cc3)[nH]c3cnc(OCCN4CCCCC4C(=O)O)cc32)CC1. The zero-order valence-corrected chi connectivity index (χ0v) is 24.6. The molecule has 1 aliphatic heterocycles. The maximum Gasteiger partial charge on any atom is 0.320 e. The number of piperidine rings is 1. The number of pyridine rings is 1. The van der Waals surface area contributed by atoms with Crippen LogP contribution >= 0.6 is 0 Å². The summed E-state index contributed by atoms with van der Waals surface area (Å²) in [6.07, 6.45) is 6.95. The van der Waals surface area contributed by atoms with E-state index in [1.807, 2.05) is 23.3 Å². The first kappa shape index (κ1) is 30.4. The van der Waals surface area contributed by atoms with Gasteiger partial charge >= 0.3 is 5.97 Å². The molecule has 0 spiro atoms. The van der Waals surface area contributed by atoms with Crippen molar-refractivity contribution in [1.82, 2.24) is 24.8 Å². The summed E-state index contributed by atoms with van der Waals surface area (Å²) in [5, 5.41) is 12.6. The Morgan fingerprint density at radius 3 is 2.58 bits per heavy atom. The highest BCUT2D eigenvalue weighted by Crippen LogP contribution is 2.34. The summed E-state index contributed by atoms with van der Waals surface area (Å²) in [5.41, 5.74) is 2.03. The van der Waals surface area contributed by atoms with Crippen molar-refractivity contribution in [2.75, 3.05) is 19.7 Å². The van der Waals surface area contributed by atoms with Crippen molar-refractivity contribution in [3.8, 4) is 5.88 Å². The quantitative estimate of drug-likeness (QED) is 0.342. The molecule has 1 saturated heterocycles. The summed E-state index contributed by atoms with van der Waals surface area (Å²) in [7, 11) is 0. The molecule has 2 aliphatic rings. The van der Waals surface area contributed by atoms with Gasteiger partial charge in [0.15, 0.2) is 0 Å². The molecular formula is C31H39FN6O5. The molecule has 43 heavy (non-hydrogen) atoms. The van der Waals surface area contributed by atoms with E-state index in [4.69, 9.17) is 4.74 Å². The van der Waals surface area contributed by atoms with E-state index in [0.717, 1.165) is 24.9 Å². The molecule has 1 saturated carbocycles. The maximum atomic E-state index is 13.4. The molecule has 1 aromatic carbocycles. The Kier molecular flexibility index (Phi) is 9.54. The van der Waals surface area contributed by atoms with E-state index in [1.165, 1.54) is 24.3 Å². The van der Waals surface area contributed by atoms with Gasteiger partial charge in [0.05, 0.1) is 17.2 Å². The van der Waals surface area contributed by atoms with Gasteiger partial charge in [0.1, 0.15) is 18.5 Å². The molecule has 5 rings (SSSR count). The Balaban J connectivity index is 1.40. The average Bonchev–Trinajstić information content (AvgIpc) is 3.34. The number of nitrogens with one attached hydrogen (secondary N) is 2. The number of aliphatic carboxylic acids is 1. The van der Waals surface area contributed by atoms with E-state index in [1.54, 1.807) is 12.3 Å². The Morgan fingerprint density at radius 2 is 1.88 bits per heavy atom. The predicted octanol–water partition coefficient (Wildman–Crippen LogP) is 3.82. The van der Waals surface area contributed by atoms with Gasteiger partial charge in [0, 0.05) is 36.2 Å². The molecule has 0 radical (unpaired) electrons. The number of hydrogen-bond donors (Lipinski definition) is 3. The molecule has 3 N–H and O–H groups in total. The number of carbonyl (C=O) groups excluding carboxylic acids is 2. The number of carboxylic acid groups (broad SMARTS) is 1. The van der Waals surface area contributed by atoms with Crippen molar-refractivity contribution in [3.63, 3.8) is 0 Å². The minimum absolute atomic E-state index is 0.0310. The smallest absolute Gasteiger partial charge is 0.320 e. The number of hydrogen-bond acceptors (Lipinski definition) is 6. The van der Waals surface area contributed by atoms with Crippen molar-refractivity contribution < 1.29 is 28.6 Å². The summed E-state index contributed by atoms with van der Waals surface area (Å²) in [4.78, 5) is 51.3. The van der Waals surface area contributed by atoms with Crippen molar-refractivity contribution in [2.45, 2.75) is 76.9 Å². The maximum absolute atomic E-state index is 13.4. The minimum Gasteiger partial charge on any atom is -0.480 e. The fraction of sp³-hybridized carbons (Fsp3) is 0.516. The van der Waals surface area contributed by atoms with E-state index in [-0.39, 0.29) is 36.1 Å². The van der Waals surface area contributed by atoms with Gasteiger partial charge in [-0.2, -0.15) is 4.99 Å². The molecular weight excluding hydrogens is 555 g/mol. The number of aromatic amines is 1. The molecule has 1 atom stereocenters. The van der Waals surface area contributed by atoms with Crippen LogP contribution in [-0.2, 0) is 9.59 Å². The molecule has 2 fully saturated rings. The molecule has 230 valence electrons. The van der Waals surface area contributed by atoms with Crippen LogP contribution in [-0.4, -0.2) is 74.1 Å². The van der Waals surface area contributed by atoms with Crippen LogP contribution in [0.4, 0.5) is 4.39 Å². The molecule has 12 heteroatoms. The average molecular weight is 595 g/mol. The Hall–Kier alpha value is -4.06. The minimum atomic E-state index is -0.810. The molecule has 2 aromatic heterocycles. The highest BCUT2D eigenvalue weighted by Gasteiger charge is 2.30. The van der Waals surface area contributed by atoms with Gasteiger partial charge in [-0.25, -0.2) is 9.37 Å². The number of nitrogens with zero attached hydrogens (tertiary/aromatic N) is 4. The third-order valence-corrected chi connectivity index (χ3v) is 8.28. The van der Waals surface area contributed by atoms with Crippen LogP contribution in [0.3, 0.4) is 0 Å². The molecule has 11 nitrogen and oxygen atoms in total. The van der Waals surface area contributed by atoms with Crippen molar-refractivity contribution in [3.05, 3.63) is 53.5 Å². The van der Waals surface area contributed by atoms with Crippen molar-refractivity contribution in [1.29, 1.82) is 0 Å². The largest absolute Gasteiger partial charge is 0.480 e. The predicted molar refractivity (Wildman–Crippen MR) is 157 cm³/mol. The summed E-state index contributed by atoms with van der Waals surface area (Å²) in [6, 6.07) is 6.59. The zero-order chi connectivity index (χ0) is 30.5.